The lowest BCUT2D eigenvalue weighted by atomic mass is 10.0. The first-order valence-electron chi connectivity index (χ1n) is 6.15. The van der Waals surface area contributed by atoms with Gasteiger partial charge in [0.05, 0.1) is 19.3 Å². The van der Waals surface area contributed by atoms with Crippen molar-refractivity contribution in [2.75, 3.05) is 19.8 Å². The van der Waals surface area contributed by atoms with Gasteiger partial charge < -0.3 is 15.2 Å². The molecule has 3 heteroatoms. The van der Waals surface area contributed by atoms with Gasteiger partial charge in [0.1, 0.15) is 0 Å². The maximum absolute atomic E-state index is 5.98. The van der Waals surface area contributed by atoms with Crippen LogP contribution in [0.15, 0.2) is 0 Å². The lowest BCUT2D eigenvalue weighted by molar-refractivity contribution is 0.0162. The molecule has 0 amide bonds. The molecule has 0 aromatic heterocycles. The average Bonchev–Trinajstić information content (AvgIpc) is 2.57. The first kappa shape index (κ1) is 12.9. The lowest BCUT2D eigenvalue weighted by Gasteiger charge is -2.15. The molecule has 1 fully saturated rings. The van der Waals surface area contributed by atoms with Gasteiger partial charge in [-0.1, -0.05) is 6.42 Å². The van der Waals surface area contributed by atoms with Crippen LogP contribution in [0.25, 0.3) is 0 Å². The highest BCUT2D eigenvalue weighted by molar-refractivity contribution is 4.79. The SMILES string of the molecule is CC(C)OCCOCCC1CCCC1N. The fourth-order valence-corrected chi connectivity index (χ4v) is 2.10. The van der Waals surface area contributed by atoms with Crippen LogP contribution in [0.1, 0.15) is 39.5 Å². The van der Waals surface area contributed by atoms with E-state index < -0.39 is 0 Å². The van der Waals surface area contributed by atoms with Crippen LogP contribution in [0, 0.1) is 5.92 Å². The standard InChI is InChI=1S/C12H25NO2/c1-10(2)15-9-8-14-7-6-11-4-3-5-12(11)13/h10-12H,3-9,13H2,1-2H3. The van der Waals surface area contributed by atoms with Gasteiger partial charge in [0.25, 0.3) is 0 Å². The molecule has 1 aliphatic rings. The molecule has 0 saturated heterocycles. The molecule has 0 bridgehead atoms. The van der Waals surface area contributed by atoms with Gasteiger partial charge in [-0.15, -0.1) is 0 Å². The normalized spacial score (nSPS) is 26.4. The summed E-state index contributed by atoms with van der Waals surface area (Å²) in [7, 11) is 0. The van der Waals surface area contributed by atoms with Crippen molar-refractivity contribution in [2.24, 2.45) is 11.7 Å². The van der Waals surface area contributed by atoms with Crippen LogP contribution in [0.2, 0.25) is 0 Å². The molecule has 2 atom stereocenters. The minimum absolute atomic E-state index is 0.303. The van der Waals surface area contributed by atoms with Gasteiger partial charge in [-0.2, -0.15) is 0 Å². The van der Waals surface area contributed by atoms with Crippen molar-refractivity contribution in [1.82, 2.24) is 0 Å². The Morgan fingerprint density at radius 3 is 2.60 bits per heavy atom. The van der Waals surface area contributed by atoms with Crippen molar-refractivity contribution in [3.05, 3.63) is 0 Å². The Morgan fingerprint density at radius 2 is 2.00 bits per heavy atom. The summed E-state index contributed by atoms with van der Waals surface area (Å²) in [5, 5.41) is 0. The van der Waals surface area contributed by atoms with Crippen LogP contribution in [0.4, 0.5) is 0 Å². The highest BCUT2D eigenvalue weighted by atomic mass is 16.5. The minimum Gasteiger partial charge on any atom is -0.379 e. The second kappa shape index (κ2) is 7.20. The van der Waals surface area contributed by atoms with Crippen molar-refractivity contribution >= 4 is 0 Å². The Labute approximate surface area is 93.3 Å². The first-order valence-corrected chi connectivity index (χ1v) is 6.15. The summed E-state index contributed by atoms with van der Waals surface area (Å²) in [6.07, 6.45) is 5.19. The predicted octanol–water partition coefficient (Wildman–Crippen LogP) is 1.95. The maximum Gasteiger partial charge on any atom is 0.0703 e. The molecule has 1 rings (SSSR count). The van der Waals surface area contributed by atoms with E-state index in [2.05, 4.69) is 0 Å². The zero-order valence-electron chi connectivity index (χ0n) is 10.1. The Hall–Kier alpha value is -0.120. The van der Waals surface area contributed by atoms with Gasteiger partial charge in [0.15, 0.2) is 0 Å². The topological polar surface area (TPSA) is 44.5 Å². The summed E-state index contributed by atoms with van der Waals surface area (Å²) in [5.41, 5.74) is 5.98. The largest absolute Gasteiger partial charge is 0.379 e. The van der Waals surface area contributed by atoms with Gasteiger partial charge in [-0.25, -0.2) is 0 Å². The summed E-state index contributed by atoms with van der Waals surface area (Å²) < 4.78 is 10.9. The zero-order chi connectivity index (χ0) is 11.1. The van der Waals surface area contributed by atoms with E-state index in [0.29, 0.717) is 31.3 Å². The van der Waals surface area contributed by atoms with E-state index in [-0.39, 0.29) is 0 Å². The highest BCUT2D eigenvalue weighted by Gasteiger charge is 2.22. The van der Waals surface area contributed by atoms with Crippen molar-refractivity contribution in [2.45, 2.75) is 51.7 Å². The molecule has 1 saturated carbocycles. The molecular formula is C12H25NO2. The van der Waals surface area contributed by atoms with E-state index in [9.17, 15) is 0 Å². The van der Waals surface area contributed by atoms with Crippen LogP contribution in [0.3, 0.4) is 0 Å². The first-order chi connectivity index (χ1) is 7.20. The zero-order valence-corrected chi connectivity index (χ0v) is 10.1. The number of hydrogen-bond donors (Lipinski definition) is 1. The Kier molecular flexibility index (Phi) is 6.22. The molecule has 2 N–H and O–H groups in total. The van der Waals surface area contributed by atoms with Crippen LogP contribution < -0.4 is 5.73 Å². The van der Waals surface area contributed by atoms with Gasteiger partial charge >= 0.3 is 0 Å². The second-order valence-corrected chi connectivity index (χ2v) is 4.68. The third kappa shape index (κ3) is 5.50. The Bertz CT molecular complexity index is 162. The van der Waals surface area contributed by atoms with Crippen LogP contribution in [-0.2, 0) is 9.47 Å². The molecule has 1 aliphatic carbocycles. The van der Waals surface area contributed by atoms with Crippen molar-refractivity contribution < 1.29 is 9.47 Å². The summed E-state index contributed by atoms with van der Waals surface area (Å²) >= 11 is 0. The van der Waals surface area contributed by atoms with E-state index in [1.54, 1.807) is 0 Å². The van der Waals surface area contributed by atoms with E-state index in [1.165, 1.54) is 19.3 Å². The monoisotopic (exact) mass is 215 g/mol. The highest BCUT2D eigenvalue weighted by Crippen LogP contribution is 2.26. The molecule has 0 aliphatic heterocycles. The lowest BCUT2D eigenvalue weighted by Crippen LogP contribution is -2.25. The van der Waals surface area contributed by atoms with E-state index >= 15 is 0 Å². The van der Waals surface area contributed by atoms with Gasteiger partial charge in [0, 0.05) is 12.6 Å². The summed E-state index contributed by atoms with van der Waals surface area (Å²) in [6, 6.07) is 0.417. The minimum atomic E-state index is 0.303. The van der Waals surface area contributed by atoms with Crippen molar-refractivity contribution in [3.8, 4) is 0 Å². The average molecular weight is 215 g/mol. The van der Waals surface area contributed by atoms with Crippen LogP contribution in [-0.4, -0.2) is 32.0 Å². The Balaban J connectivity index is 1.88. The second-order valence-electron chi connectivity index (χ2n) is 4.68. The van der Waals surface area contributed by atoms with Gasteiger partial charge in [-0.05, 0) is 39.0 Å². The third-order valence-electron chi connectivity index (χ3n) is 3.03. The number of rotatable bonds is 7. The van der Waals surface area contributed by atoms with Gasteiger partial charge in [0.2, 0.25) is 0 Å². The fraction of sp³-hybridized carbons (Fsp3) is 1.00. The molecule has 15 heavy (non-hydrogen) atoms. The smallest absolute Gasteiger partial charge is 0.0703 e. The van der Waals surface area contributed by atoms with Crippen LogP contribution >= 0.6 is 0 Å². The fourth-order valence-electron chi connectivity index (χ4n) is 2.10. The third-order valence-corrected chi connectivity index (χ3v) is 3.03. The maximum atomic E-state index is 5.98. The molecule has 0 aromatic rings. The summed E-state index contributed by atoms with van der Waals surface area (Å²) in [6.45, 7) is 6.32. The van der Waals surface area contributed by atoms with Gasteiger partial charge in [-0.3, -0.25) is 0 Å². The molecular weight excluding hydrogens is 190 g/mol. The van der Waals surface area contributed by atoms with E-state index in [0.717, 1.165) is 13.0 Å². The molecule has 0 aromatic carbocycles. The van der Waals surface area contributed by atoms with E-state index in [4.69, 9.17) is 15.2 Å². The summed E-state index contributed by atoms with van der Waals surface area (Å²) in [5.74, 6) is 0.691. The van der Waals surface area contributed by atoms with Crippen molar-refractivity contribution in [3.63, 3.8) is 0 Å². The quantitative estimate of drug-likeness (QED) is 0.660. The number of nitrogens with two attached hydrogens (primary N) is 1. The molecule has 0 heterocycles. The van der Waals surface area contributed by atoms with E-state index in [1.807, 2.05) is 13.8 Å². The molecule has 0 spiro atoms. The van der Waals surface area contributed by atoms with Crippen LogP contribution in [0.5, 0.6) is 0 Å². The number of hydrogen-bond acceptors (Lipinski definition) is 3. The molecule has 90 valence electrons. The Morgan fingerprint density at radius 1 is 1.20 bits per heavy atom. The molecule has 3 nitrogen and oxygen atoms in total. The summed E-state index contributed by atoms with van der Waals surface area (Å²) in [4.78, 5) is 0. The predicted molar refractivity (Wildman–Crippen MR) is 61.8 cm³/mol. The number of ether oxygens (including phenoxy) is 2. The molecule has 0 radical (unpaired) electrons. The molecule has 2 unspecified atom stereocenters. The van der Waals surface area contributed by atoms with Crippen molar-refractivity contribution in [1.29, 1.82) is 0 Å².